The minimum absolute atomic E-state index is 0.00858. The summed E-state index contributed by atoms with van der Waals surface area (Å²) in [5.74, 6) is 0.124. The smallest absolute Gasteiger partial charge is 0.308 e. The van der Waals surface area contributed by atoms with Gasteiger partial charge in [-0.05, 0) is 49.3 Å². The van der Waals surface area contributed by atoms with Crippen molar-refractivity contribution in [2.24, 2.45) is 11.8 Å². The number of nitrogens with zero attached hydrogens (tertiary/aromatic N) is 2. The number of hydrogen-bond donors (Lipinski definition) is 0. The van der Waals surface area contributed by atoms with Gasteiger partial charge in [0.1, 0.15) is 5.78 Å². The fourth-order valence-corrected chi connectivity index (χ4v) is 4.77. The van der Waals surface area contributed by atoms with E-state index in [1.165, 1.54) is 18.3 Å². The molecule has 5 heteroatoms. The normalized spacial score (nSPS) is 24.1. The van der Waals surface area contributed by atoms with Crippen LogP contribution in [0.1, 0.15) is 56.3 Å². The summed E-state index contributed by atoms with van der Waals surface area (Å²) in [4.78, 5) is 29.2. The number of carbonyl (C=O) groups excluding carboxylic acids is 2. The number of allylic oxidation sites excluding steroid dienone is 2. The molecule has 4 rings (SSSR count). The third kappa shape index (κ3) is 3.30. The average Bonchev–Trinajstić information content (AvgIpc) is 3.31. The lowest BCUT2D eigenvalue weighted by atomic mass is 9.78. The van der Waals surface area contributed by atoms with Gasteiger partial charge in [-0.3, -0.25) is 9.59 Å². The molecule has 0 spiro atoms. The lowest BCUT2D eigenvalue weighted by Gasteiger charge is -2.27. The van der Waals surface area contributed by atoms with E-state index in [4.69, 9.17) is 4.74 Å². The fourth-order valence-electron chi connectivity index (χ4n) is 4.77. The van der Waals surface area contributed by atoms with Crippen LogP contribution in [0.3, 0.4) is 0 Å². The van der Waals surface area contributed by atoms with Crippen LogP contribution < -0.4 is 0 Å². The van der Waals surface area contributed by atoms with Crippen LogP contribution in [0, 0.1) is 11.8 Å². The van der Waals surface area contributed by atoms with E-state index in [9.17, 15) is 9.59 Å². The van der Waals surface area contributed by atoms with Crippen molar-refractivity contribution >= 4 is 22.9 Å². The van der Waals surface area contributed by atoms with Gasteiger partial charge in [-0.15, -0.1) is 0 Å². The van der Waals surface area contributed by atoms with Gasteiger partial charge >= 0.3 is 5.97 Å². The van der Waals surface area contributed by atoms with E-state index in [1.54, 1.807) is 0 Å². The van der Waals surface area contributed by atoms with Crippen molar-refractivity contribution in [3.8, 4) is 0 Å². The summed E-state index contributed by atoms with van der Waals surface area (Å²) in [5, 5.41) is 0. The van der Waals surface area contributed by atoms with Crippen molar-refractivity contribution < 1.29 is 14.3 Å². The number of benzene rings is 1. The Morgan fingerprint density at radius 1 is 1.11 bits per heavy atom. The Labute approximate surface area is 165 Å². The number of aromatic nitrogens is 2. The van der Waals surface area contributed by atoms with Gasteiger partial charge in [0, 0.05) is 12.3 Å². The first kappa shape index (κ1) is 18.7. The second-order valence-electron chi connectivity index (χ2n) is 7.85. The van der Waals surface area contributed by atoms with Crippen LogP contribution in [-0.2, 0) is 14.3 Å². The van der Waals surface area contributed by atoms with Crippen molar-refractivity contribution in [3.05, 3.63) is 54.1 Å². The summed E-state index contributed by atoms with van der Waals surface area (Å²) >= 11 is 0. The summed E-state index contributed by atoms with van der Waals surface area (Å²) in [5.41, 5.74) is 4.66. The molecule has 1 aromatic carbocycles. The Morgan fingerprint density at radius 2 is 1.79 bits per heavy atom. The molecule has 1 aliphatic carbocycles. The molecular weight excluding hydrogens is 352 g/mol. The molecule has 5 nitrogen and oxygen atoms in total. The molecule has 0 saturated heterocycles. The highest BCUT2D eigenvalue weighted by Gasteiger charge is 2.35. The monoisotopic (exact) mass is 378 g/mol. The van der Waals surface area contributed by atoms with Gasteiger partial charge in [0.15, 0.2) is 0 Å². The quantitative estimate of drug-likeness (QED) is 0.728. The molecular formula is C23H26N2O3. The summed E-state index contributed by atoms with van der Waals surface area (Å²) in [6.07, 6.45) is 7.20. The molecule has 1 atom stereocenters. The highest BCUT2D eigenvalue weighted by molar-refractivity contribution is 5.96. The highest BCUT2D eigenvalue weighted by atomic mass is 16.5. The lowest BCUT2D eigenvalue weighted by Crippen LogP contribution is -2.28. The van der Waals surface area contributed by atoms with Gasteiger partial charge < -0.3 is 9.30 Å². The first-order chi connectivity index (χ1) is 13.6. The zero-order valence-corrected chi connectivity index (χ0v) is 16.4. The number of fused-ring (bicyclic) bond motifs is 1. The molecule has 0 bridgehead atoms. The fraction of sp³-hybridized carbons (Fsp3) is 0.435. The average molecular weight is 378 g/mol. The summed E-state index contributed by atoms with van der Waals surface area (Å²) in [6, 6.07) is 10.3. The first-order valence-corrected chi connectivity index (χ1v) is 9.99. The summed E-state index contributed by atoms with van der Waals surface area (Å²) in [7, 11) is 1.43. The van der Waals surface area contributed by atoms with Gasteiger partial charge in [0.25, 0.3) is 0 Å². The minimum atomic E-state index is -0.144. The molecule has 146 valence electrons. The number of ketones is 1. The largest absolute Gasteiger partial charge is 0.469 e. The van der Waals surface area contributed by atoms with E-state index in [2.05, 4.69) is 28.6 Å². The van der Waals surface area contributed by atoms with Crippen LogP contribution in [-0.4, -0.2) is 28.4 Å². The maximum atomic E-state index is 13.1. The summed E-state index contributed by atoms with van der Waals surface area (Å²) < 4.78 is 6.99. The molecule has 1 unspecified atom stereocenters. The number of Topliss-reactive ketones (excluding diaryl/α,β-unsaturated/α-hetero) is 1. The third-order valence-electron chi connectivity index (χ3n) is 6.32. The molecule has 0 N–H and O–H groups in total. The van der Waals surface area contributed by atoms with Crippen molar-refractivity contribution in [2.75, 3.05) is 7.11 Å². The second-order valence-corrected chi connectivity index (χ2v) is 7.85. The van der Waals surface area contributed by atoms with Crippen LogP contribution in [0.2, 0.25) is 0 Å². The van der Waals surface area contributed by atoms with Gasteiger partial charge in [0.05, 0.1) is 37.3 Å². The van der Waals surface area contributed by atoms with Crippen molar-refractivity contribution in [1.82, 2.24) is 9.55 Å². The number of hydrogen-bond acceptors (Lipinski definition) is 4. The molecule has 2 heterocycles. The molecule has 0 amide bonds. The Bertz CT molecular complexity index is 905. The molecule has 1 fully saturated rings. The third-order valence-corrected chi connectivity index (χ3v) is 6.32. The van der Waals surface area contributed by atoms with E-state index in [-0.39, 0.29) is 29.6 Å². The topological polar surface area (TPSA) is 61.2 Å². The Kier molecular flexibility index (Phi) is 5.16. The number of methoxy groups -OCH3 is 1. The van der Waals surface area contributed by atoms with Crippen molar-refractivity contribution in [2.45, 2.75) is 45.1 Å². The molecule has 1 aromatic heterocycles. The van der Waals surface area contributed by atoms with E-state index in [0.717, 1.165) is 36.9 Å². The van der Waals surface area contributed by atoms with Crippen LogP contribution in [0.25, 0.3) is 11.1 Å². The summed E-state index contributed by atoms with van der Waals surface area (Å²) in [6.45, 7) is 2.11. The zero-order valence-electron chi connectivity index (χ0n) is 16.4. The Balaban J connectivity index is 1.52. The highest BCUT2D eigenvalue weighted by Crippen LogP contribution is 2.44. The predicted octanol–water partition coefficient (Wildman–Crippen LogP) is 4.31. The van der Waals surface area contributed by atoms with E-state index in [1.807, 2.05) is 30.7 Å². The Hall–Kier alpha value is -2.69. The number of carbonyl (C=O) groups is 2. The SMILES string of the molecule is COC(=O)C1CCC(C(=O)CC2C(c3ccccc3)=C(C)c3cncn32)CC1. The predicted molar refractivity (Wildman–Crippen MR) is 107 cm³/mol. The van der Waals surface area contributed by atoms with Crippen molar-refractivity contribution in [3.63, 3.8) is 0 Å². The molecule has 1 saturated carbocycles. The minimum Gasteiger partial charge on any atom is -0.469 e. The molecule has 0 radical (unpaired) electrons. The maximum absolute atomic E-state index is 13.1. The lowest BCUT2D eigenvalue weighted by molar-refractivity contribution is -0.147. The van der Waals surface area contributed by atoms with Crippen LogP contribution >= 0.6 is 0 Å². The number of ether oxygens (including phenoxy) is 1. The van der Waals surface area contributed by atoms with Gasteiger partial charge in [-0.25, -0.2) is 4.98 Å². The van der Waals surface area contributed by atoms with E-state index < -0.39 is 0 Å². The second kappa shape index (κ2) is 7.74. The molecule has 1 aliphatic heterocycles. The van der Waals surface area contributed by atoms with Crippen LogP contribution in [0.5, 0.6) is 0 Å². The van der Waals surface area contributed by atoms with Crippen LogP contribution in [0.15, 0.2) is 42.9 Å². The van der Waals surface area contributed by atoms with Gasteiger partial charge in [-0.1, -0.05) is 30.3 Å². The van der Waals surface area contributed by atoms with Gasteiger partial charge in [-0.2, -0.15) is 0 Å². The van der Waals surface area contributed by atoms with Crippen LogP contribution in [0.4, 0.5) is 0 Å². The number of esters is 1. The molecule has 2 aliphatic rings. The standard InChI is InChI=1S/C23H26N2O3/c1-15-20-13-24-14-25(20)19(22(15)17-6-4-3-5-7-17)12-21(26)16-8-10-18(11-9-16)23(27)28-2/h3-7,13-14,16,18-19H,8-12H2,1-2H3. The number of rotatable bonds is 5. The first-order valence-electron chi connectivity index (χ1n) is 9.99. The van der Waals surface area contributed by atoms with E-state index >= 15 is 0 Å². The molecule has 28 heavy (non-hydrogen) atoms. The van der Waals surface area contributed by atoms with Gasteiger partial charge in [0.2, 0.25) is 0 Å². The maximum Gasteiger partial charge on any atom is 0.308 e. The number of imidazole rings is 1. The van der Waals surface area contributed by atoms with E-state index in [0.29, 0.717) is 6.42 Å². The molecule has 2 aromatic rings. The van der Waals surface area contributed by atoms with Crippen molar-refractivity contribution in [1.29, 1.82) is 0 Å². The Morgan fingerprint density at radius 3 is 2.46 bits per heavy atom. The zero-order chi connectivity index (χ0) is 19.7.